The summed E-state index contributed by atoms with van der Waals surface area (Å²) in [5.41, 5.74) is 6.13. The highest BCUT2D eigenvalue weighted by molar-refractivity contribution is 5.87. The van der Waals surface area contributed by atoms with Crippen molar-refractivity contribution in [1.29, 1.82) is 0 Å². The van der Waals surface area contributed by atoms with Gasteiger partial charge >= 0.3 is 11.9 Å². The summed E-state index contributed by atoms with van der Waals surface area (Å²) < 4.78 is 16.1. The second-order valence-corrected chi connectivity index (χ2v) is 9.49. The van der Waals surface area contributed by atoms with Crippen molar-refractivity contribution in [2.24, 2.45) is 0 Å². The fourth-order valence-electron chi connectivity index (χ4n) is 3.60. The van der Waals surface area contributed by atoms with Gasteiger partial charge in [0.05, 0.1) is 5.92 Å². The third-order valence-corrected chi connectivity index (χ3v) is 5.99. The average molecular weight is 527 g/mol. The summed E-state index contributed by atoms with van der Waals surface area (Å²) in [6.45, 7) is 15.9. The molecule has 0 saturated heterocycles. The minimum Gasteiger partial charge on any atom is -0.462 e. The molecule has 6 nitrogen and oxygen atoms in total. The molecule has 0 spiro atoms. The largest absolute Gasteiger partial charge is 0.462 e. The molecule has 1 atom stereocenters. The van der Waals surface area contributed by atoms with Gasteiger partial charge in [0.25, 0.3) is 0 Å². The van der Waals surface area contributed by atoms with E-state index in [1.165, 1.54) is 0 Å². The maximum Gasteiger partial charge on any atom is 0.333 e. The lowest BCUT2D eigenvalue weighted by atomic mass is 9.96. The standard InChI is InChI=1S/C33H34O6/c1-21(2)31(34)37-19-29(20-38-32(35)22(3)4)28-13-11-25(12-14-28)24-7-9-26(10-8-24)27-15-17-30(18-16-27)39-33(36)23(5)6/h7-18,29,33,36H,1,3,5,19-20H2,2,4,6H3. The first-order chi connectivity index (χ1) is 18.5. The van der Waals surface area contributed by atoms with Gasteiger partial charge in [-0.05, 0) is 66.3 Å². The zero-order valence-corrected chi connectivity index (χ0v) is 22.6. The van der Waals surface area contributed by atoms with Gasteiger partial charge < -0.3 is 19.3 Å². The van der Waals surface area contributed by atoms with Crippen LogP contribution in [-0.4, -0.2) is 36.5 Å². The number of carbonyl (C=O) groups excluding carboxylic acids is 2. The molecule has 39 heavy (non-hydrogen) atoms. The monoisotopic (exact) mass is 526 g/mol. The lowest BCUT2D eigenvalue weighted by Gasteiger charge is -2.18. The Morgan fingerprint density at radius 1 is 0.667 bits per heavy atom. The maximum atomic E-state index is 11.9. The SMILES string of the molecule is C=C(C)C(=O)OCC(COC(=O)C(=C)C)c1ccc(-c2ccc(-c3ccc(OC(O)C(=C)C)cc3)cc2)cc1. The molecule has 3 aromatic rings. The molecule has 0 heterocycles. The van der Waals surface area contributed by atoms with Gasteiger partial charge in [0, 0.05) is 11.1 Å². The number of hydrogen-bond acceptors (Lipinski definition) is 6. The Hall–Kier alpha value is -4.42. The molecule has 0 aliphatic rings. The van der Waals surface area contributed by atoms with Gasteiger partial charge in [-0.1, -0.05) is 80.4 Å². The Morgan fingerprint density at radius 2 is 1.03 bits per heavy atom. The topological polar surface area (TPSA) is 82.1 Å². The molecule has 0 bridgehead atoms. The van der Waals surface area contributed by atoms with Crippen LogP contribution in [0.1, 0.15) is 32.3 Å². The van der Waals surface area contributed by atoms with Crippen LogP contribution in [0.5, 0.6) is 5.75 Å². The van der Waals surface area contributed by atoms with E-state index >= 15 is 0 Å². The van der Waals surface area contributed by atoms with Gasteiger partial charge in [0.2, 0.25) is 6.29 Å². The van der Waals surface area contributed by atoms with Crippen molar-refractivity contribution in [2.45, 2.75) is 33.0 Å². The molecule has 0 aromatic heterocycles. The second-order valence-electron chi connectivity index (χ2n) is 9.49. The summed E-state index contributed by atoms with van der Waals surface area (Å²) in [7, 11) is 0. The lowest BCUT2D eigenvalue weighted by molar-refractivity contribution is -0.142. The Balaban J connectivity index is 1.71. The van der Waals surface area contributed by atoms with E-state index in [9.17, 15) is 14.7 Å². The third-order valence-electron chi connectivity index (χ3n) is 5.99. The van der Waals surface area contributed by atoms with E-state index in [1.54, 1.807) is 20.8 Å². The number of ether oxygens (including phenoxy) is 3. The van der Waals surface area contributed by atoms with Gasteiger partial charge in [-0.25, -0.2) is 9.59 Å². The molecular weight excluding hydrogens is 492 g/mol. The van der Waals surface area contributed by atoms with Crippen molar-refractivity contribution in [3.05, 3.63) is 115 Å². The molecule has 0 amide bonds. The zero-order valence-electron chi connectivity index (χ0n) is 22.6. The van der Waals surface area contributed by atoms with Crippen molar-refractivity contribution in [1.82, 2.24) is 0 Å². The van der Waals surface area contributed by atoms with Crippen molar-refractivity contribution in [3.8, 4) is 28.0 Å². The molecule has 1 unspecified atom stereocenters. The van der Waals surface area contributed by atoms with Crippen molar-refractivity contribution >= 4 is 11.9 Å². The van der Waals surface area contributed by atoms with Crippen LogP contribution in [0.25, 0.3) is 22.3 Å². The van der Waals surface area contributed by atoms with Gasteiger partial charge in [0.1, 0.15) is 19.0 Å². The molecule has 0 radical (unpaired) electrons. The van der Waals surface area contributed by atoms with Crippen LogP contribution >= 0.6 is 0 Å². The van der Waals surface area contributed by atoms with Crippen molar-refractivity contribution in [3.63, 3.8) is 0 Å². The van der Waals surface area contributed by atoms with Gasteiger partial charge in [0.15, 0.2) is 0 Å². The fourth-order valence-corrected chi connectivity index (χ4v) is 3.60. The molecule has 0 aliphatic carbocycles. The quantitative estimate of drug-likeness (QED) is 0.124. The smallest absolute Gasteiger partial charge is 0.333 e. The maximum absolute atomic E-state index is 11.9. The van der Waals surface area contributed by atoms with Crippen LogP contribution < -0.4 is 4.74 Å². The van der Waals surface area contributed by atoms with Crippen LogP contribution in [0.3, 0.4) is 0 Å². The fraction of sp³-hybridized carbons (Fsp3) is 0.212. The predicted octanol–water partition coefficient (Wildman–Crippen LogP) is 6.62. The molecule has 3 aromatic carbocycles. The highest BCUT2D eigenvalue weighted by Crippen LogP contribution is 2.28. The van der Waals surface area contributed by atoms with Gasteiger partial charge in [-0.15, -0.1) is 0 Å². The zero-order chi connectivity index (χ0) is 28.5. The molecule has 3 rings (SSSR count). The molecule has 0 aliphatic heterocycles. The lowest BCUT2D eigenvalue weighted by Crippen LogP contribution is -2.20. The summed E-state index contributed by atoms with van der Waals surface area (Å²) in [5, 5.41) is 9.82. The number of rotatable bonds is 12. The van der Waals surface area contributed by atoms with Crippen LogP contribution in [0.15, 0.2) is 109 Å². The number of esters is 2. The van der Waals surface area contributed by atoms with Crippen LogP contribution in [0.4, 0.5) is 0 Å². The predicted molar refractivity (Wildman–Crippen MR) is 153 cm³/mol. The highest BCUT2D eigenvalue weighted by Gasteiger charge is 2.18. The number of hydrogen-bond donors (Lipinski definition) is 1. The van der Waals surface area contributed by atoms with Gasteiger partial charge in [-0.2, -0.15) is 0 Å². The molecular formula is C33H34O6. The molecule has 1 N–H and O–H groups in total. The van der Waals surface area contributed by atoms with Gasteiger partial charge in [-0.3, -0.25) is 0 Å². The first kappa shape index (κ1) is 29.1. The Labute approximate surface area is 229 Å². The van der Waals surface area contributed by atoms with E-state index in [-0.39, 0.29) is 19.1 Å². The minimum absolute atomic E-state index is 0.0548. The first-order valence-corrected chi connectivity index (χ1v) is 12.5. The third kappa shape index (κ3) is 8.28. The minimum atomic E-state index is -1.03. The van der Waals surface area contributed by atoms with Crippen LogP contribution in [0.2, 0.25) is 0 Å². The number of benzene rings is 3. The average Bonchev–Trinajstić information content (AvgIpc) is 2.93. The van der Waals surface area contributed by atoms with E-state index < -0.39 is 18.2 Å². The van der Waals surface area contributed by atoms with E-state index in [2.05, 4.69) is 19.7 Å². The highest BCUT2D eigenvalue weighted by atomic mass is 16.6. The normalized spacial score (nSPS) is 11.4. The van der Waals surface area contributed by atoms with Crippen molar-refractivity contribution in [2.75, 3.05) is 13.2 Å². The summed E-state index contributed by atoms with van der Waals surface area (Å²) in [4.78, 5) is 23.8. The van der Waals surface area contributed by atoms with E-state index in [0.717, 1.165) is 27.8 Å². The van der Waals surface area contributed by atoms with E-state index in [4.69, 9.17) is 14.2 Å². The summed E-state index contributed by atoms with van der Waals surface area (Å²) in [5.74, 6) is -0.756. The first-order valence-electron chi connectivity index (χ1n) is 12.5. The number of aliphatic hydroxyl groups excluding tert-OH is 1. The summed E-state index contributed by atoms with van der Waals surface area (Å²) in [6, 6.07) is 23.5. The van der Waals surface area contributed by atoms with Crippen LogP contribution in [0, 0.1) is 0 Å². The molecule has 6 heteroatoms. The molecule has 0 fully saturated rings. The van der Waals surface area contributed by atoms with E-state index in [0.29, 0.717) is 22.5 Å². The number of aliphatic hydroxyl groups is 1. The number of carbonyl (C=O) groups is 2. The van der Waals surface area contributed by atoms with E-state index in [1.807, 2.05) is 72.8 Å². The summed E-state index contributed by atoms with van der Waals surface area (Å²) >= 11 is 0. The van der Waals surface area contributed by atoms with Crippen molar-refractivity contribution < 1.29 is 28.9 Å². The Kier molecular flexibility index (Phi) is 10.0. The van der Waals surface area contributed by atoms with Crippen LogP contribution in [-0.2, 0) is 19.1 Å². The summed E-state index contributed by atoms with van der Waals surface area (Å²) in [6.07, 6.45) is -1.03. The Morgan fingerprint density at radius 3 is 1.38 bits per heavy atom. The molecule has 202 valence electrons. The molecule has 0 saturated carbocycles. The Bertz CT molecular complexity index is 1300. The second kappa shape index (κ2) is 13.4.